The largest absolute Gasteiger partial charge is 0.378 e. The van der Waals surface area contributed by atoms with E-state index in [9.17, 15) is 0 Å². The van der Waals surface area contributed by atoms with E-state index in [1.807, 2.05) is 0 Å². The highest BCUT2D eigenvalue weighted by Gasteiger charge is 2.21. The fourth-order valence-corrected chi connectivity index (χ4v) is 3.13. The number of fused-ring (bicyclic) bond motifs is 1. The van der Waals surface area contributed by atoms with E-state index < -0.39 is 0 Å². The first-order valence-corrected chi connectivity index (χ1v) is 8.65. The predicted molar refractivity (Wildman–Crippen MR) is 97.5 cm³/mol. The van der Waals surface area contributed by atoms with Crippen molar-refractivity contribution in [2.75, 3.05) is 30.4 Å². The van der Waals surface area contributed by atoms with Gasteiger partial charge in [0.25, 0.3) is 0 Å². The monoisotopic (exact) mass is 326 g/mol. The molecule has 5 heteroatoms. The summed E-state index contributed by atoms with van der Waals surface area (Å²) in [4.78, 5) is 11.8. The molecule has 3 rings (SSSR count). The SMILES string of the molecule is CCCNc1nc(COC)c(C)c(N2CCc3ccccc3C2)n1. The molecule has 2 aromatic rings. The molecule has 0 spiro atoms. The second kappa shape index (κ2) is 7.62. The van der Waals surface area contributed by atoms with Crippen molar-refractivity contribution >= 4 is 11.8 Å². The van der Waals surface area contributed by atoms with Gasteiger partial charge in [0, 0.05) is 32.3 Å². The molecule has 1 aliphatic rings. The van der Waals surface area contributed by atoms with Gasteiger partial charge in [0.15, 0.2) is 0 Å². The average Bonchev–Trinajstić information content (AvgIpc) is 2.62. The van der Waals surface area contributed by atoms with Gasteiger partial charge in [-0.25, -0.2) is 4.98 Å². The molecule has 1 aliphatic heterocycles. The predicted octanol–water partition coefficient (Wildman–Crippen LogP) is 3.32. The highest BCUT2D eigenvalue weighted by Crippen LogP contribution is 2.28. The summed E-state index contributed by atoms with van der Waals surface area (Å²) in [5.41, 5.74) is 4.90. The van der Waals surface area contributed by atoms with Crippen LogP contribution in [-0.4, -0.2) is 30.2 Å². The molecule has 0 radical (unpaired) electrons. The van der Waals surface area contributed by atoms with Crippen LogP contribution in [0.25, 0.3) is 0 Å². The summed E-state index contributed by atoms with van der Waals surface area (Å²) in [5.74, 6) is 1.72. The van der Waals surface area contributed by atoms with Gasteiger partial charge < -0.3 is 15.0 Å². The number of ether oxygens (including phenoxy) is 1. The maximum absolute atomic E-state index is 5.33. The van der Waals surface area contributed by atoms with Crippen LogP contribution in [0.1, 0.15) is 35.7 Å². The molecule has 1 N–H and O–H groups in total. The lowest BCUT2D eigenvalue weighted by atomic mass is 9.99. The Morgan fingerprint density at radius 3 is 2.75 bits per heavy atom. The zero-order chi connectivity index (χ0) is 16.9. The number of aromatic nitrogens is 2. The number of methoxy groups -OCH3 is 1. The first kappa shape index (κ1) is 16.7. The van der Waals surface area contributed by atoms with Crippen molar-refractivity contribution in [2.45, 2.75) is 39.8 Å². The first-order chi connectivity index (χ1) is 11.7. The number of anilines is 2. The zero-order valence-corrected chi connectivity index (χ0v) is 14.8. The van der Waals surface area contributed by atoms with E-state index in [0.717, 1.165) is 49.6 Å². The Labute approximate surface area is 144 Å². The fourth-order valence-electron chi connectivity index (χ4n) is 3.13. The van der Waals surface area contributed by atoms with E-state index in [-0.39, 0.29) is 0 Å². The number of nitrogens with zero attached hydrogens (tertiary/aromatic N) is 3. The van der Waals surface area contributed by atoms with E-state index >= 15 is 0 Å². The molecule has 0 saturated heterocycles. The molecule has 0 aliphatic carbocycles. The van der Waals surface area contributed by atoms with Crippen molar-refractivity contribution in [1.29, 1.82) is 0 Å². The van der Waals surface area contributed by atoms with Crippen LogP contribution in [0.4, 0.5) is 11.8 Å². The third kappa shape index (κ3) is 3.51. The Morgan fingerprint density at radius 1 is 1.21 bits per heavy atom. The molecular weight excluding hydrogens is 300 g/mol. The summed E-state index contributed by atoms with van der Waals surface area (Å²) in [6, 6.07) is 8.67. The van der Waals surface area contributed by atoms with Crippen LogP contribution in [-0.2, 0) is 24.3 Å². The summed E-state index contributed by atoms with van der Waals surface area (Å²) in [7, 11) is 1.71. The zero-order valence-electron chi connectivity index (χ0n) is 14.8. The van der Waals surface area contributed by atoms with E-state index in [2.05, 4.69) is 53.3 Å². The minimum atomic E-state index is 0.507. The highest BCUT2D eigenvalue weighted by atomic mass is 16.5. The summed E-state index contributed by atoms with van der Waals surface area (Å²) in [6.45, 7) is 7.49. The Morgan fingerprint density at radius 2 is 2.00 bits per heavy atom. The van der Waals surface area contributed by atoms with Gasteiger partial charge in [-0.2, -0.15) is 4.98 Å². The minimum absolute atomic E-state index is 0.507. The summed E-state index contributed by atoms with van der Waals surface area (Å²) in [5, 5.41) is 3.31. The molecule has 5 nitrogen and oxygen atoms in total. The van der Waals surface area contributed by atoms with E-state index in [1.165, 1.54) is 11.1 Å². The Hall–Kier alpha value is -2.14. The quantitative estimate of drug-likeness (QED) is 0.882. The third-order valence-electron chi connectivity index (χ3n) is 4.47. The van der Waals surface area contributed by atoms with Gasteiger partial charge in [0.1, 0.15) is 5.82 Å². The highest BCUT2D eigenvalue weighted by molar-refractivity contribution is 5.54. The number of rotatable bonds is 6. The molecule has 0 fully saturated rings. The van der Waals surface area contributed by atoms with Crippen LogP contribution in [0.2, 0.25) is 0 Å². The normalized spacial score (nSPS) is 13.7. The lowest BCUT2D eigenvalue weighted by Gasteiger charge is -2.31. The lowest BCUT2D eigenvalue weighted by Crippen LogP contribution is -2.32. The Balaban J connectivity index is 1.92. The van der Waals surface area contributed by atoms with Gasteiger partial charge in [-0.15, -0.1) is 0 Å². The number of nitrogens with one attached hydrogen (secondary N) is 1. The van der Waals surface area contributed by atoms with Gasteiger partial charge >= 0.3 is 0 Å². The fraction of sp³-hybridized carbons (Fsp3) is 0.474. The standard InChI is InChI=1S/C19H26N4O/c1-4-10-20-19-21-17(13-24-3)14(2)18(22-19)23-11-9-15-7-5-6-8-16(15)12-23/h5-8H,4,9-13H2,1-3H3,(H,20,21,22). The van der Waals surface area contributed by atoms with Gasteiger partial charge in [0.2, 0.25) is 5.95 Å². The molecule has 24 heavy (non-hydrogen) atoms. The van der Waals surface area contributed by atoms with E-state index in [0.29, 0.717) is 12.6 Å². The van der Waals surface area contributed by atoms with Gasteiger partial charge in [-0.1, -0.05) is 31.2 Å². The van der Waals surface area contributed by atoms with Crippen molar-refractivity contribution in [3.8, 4) is 0 Å². The summed E-state index contributed by atoms with van der Waals surface area (Å²) >= 11 is 0. The van der Waals surface area contributed by atoms with E-state index in [1.54, 1.807) is 7.11 Å². The van der Waals surface area contributed by atoms with Gasteiger partial charge in [-0.05, 0) is 30.9 Å². The number of hydrogen-bond acceptors (Lipinski definition) is 5. The summed E-state index contributed by atoms with van der Waals surface area (Å²) < 4.78 is 5.33. The molecule has 1 aromatic heterocycles. The smallest absolute Gasteiger partial charge is 0.224 e. The molecule has 0 amide bonds. The molecular formula is C19H26N4O. The average molecular weight is 326 g/mol. The maximum Gasteiger partial charge on any atom is 0.224 e. The van der Waals surface area contributed by atoms with Crippen LogP contribution in [0.5, 0.6) is 0 Å². The van der Waals surface area contributed by atoms with Crippen molar-refractivity contribution in [2.24, 2.45) is 0 Å². The molecule has 0 saturated carbocycles. The van der Waals surface area contributed by atoms with Gasteiger partial charge in [-0.3, -0.25) is 0 Å². The minimum Gasteiger partial charge on any atom is -0.378 e. The lowest BCUT2D eigenvalue weighted by molar-refractivity contribution is 0.181. The molecule has 0 atom stereocenters. The molecule has 1 aromatic carbocycles. The molecule has 2 heterocycles. The molecule has 0 unspecified atom stereocenters. The maximum atomic E-state index is 5.33. The molecule has 128 valence electrons. The number of hydrogen-bond donors (Lipinski definition) is 1. The van der Waals surface area contributed by atoms with Crippen molar-refractivity contribution in [3.63, 3.8) is 0 Å². The van der Waals surface area contributed by atoms with Crippen molar-refractivity contribution in [3.05, 3.63) is 46.6 Å². The molecule has 0 bridgehead atoms. The first-order valence-electron chi connectivity index (χ1n) is 8.65. The third-order valence-corrected chi connectivity index (χ3v) is 4.47. The second-order valence-corrected chi connectivity index (χ2v) is 6.24. The van der Waals surface area contributed by atoms with E-state index in [4.69, 9.17) is 9.72 Å². The second-order valence-electron chi connectivity index (χ2n) is 6.24. The van der Waals surface area contributed by atoms with Crippen LogP contribution < -0.4 is 10.2 Å². The van der Waals surface area contributed by atoms with Crippen LogP contribution in [0, 0.1) is 6.92 Å². The van der Waals surface area contributed by atoms with Crippen molar-refractivity contribution < 1.29 is 4.74 Å². The Kier molecular flexibility index (Phi) is 5.30. The van der Waals surface area contributed by atoms with Gasteiger partial charge in [0.05, 0.1) is 12.3 Å². The topological polar surface area (TPSA) is 50.3 Å². The Bertz CT molecular complexity index is 702. The van der Waals surface area contributed by atoms with Crippen LogP contribution >= 0.6 is 0 Å². The number of benzene rings is 1. The van der Waals surface area contributed by atoms with Crippen LogP contribution in [0.15, 0.2) is 24.3 Å². The van der Waals surface area contributed by atoms with Crippen LogP contribution in [0.3, 0.4) is 0 Å². The summed E-state index contributed by atoms with van der Waals surface area (Å²) in [6.07, 6.45) is 2.10. The van der Waals surface area contributed by atoms with Crippen molar-refractivity contribution in [1.82, 2.24) is 9.97 Å².